The third-order valence-electron chi connectivity index (χ3n) is 5.04. The van der Waals surface area contributed by atoms with Gasteiger partial charge in [-0.2, -0.15) is 0 Å². The molecule has 0 saturated heterocycles. The smallest absolute Gasteiger partial charge is 0.241 e. The van der Waals surface area contributed by atoms with Crippen LogP contribution in [0.4, 0.5) is 5.13 Å². The van der Waals surface area contributed by atoms with E-state index in [0.29, 0.717) is 36.1 Å². The Bertz CT molecular complexity index is 970. The third kappa shape index (κ3) is 5.57. The molecule has 0 bridgehead atoms. The molecule has 3 rings (SSSR count). The van der Waals surface area contributed by atoms with Crippen LogP contribution in [0.25, 0.3) is 10.4 Å². The molecule has 1 aromatic carbocycles. The SMILES string of the molecule is Cc1ccc(-c2sc(NC(C)(C)C)nc2C)cc1S(=O)(=O)N[C@H]1CC[C@H](O)CC1. The van der Waals surface area contributed by atoms with Crippen LogP contribution < -0.4 is 10.0 Å². The van der Waals surface area contributed by atoms with Crippen molar-refractivity contribution >= 4 is 26.5 Å². The fourth-order valence-electron chi connectivity index (χ4n) is 3.55. The zero-order chi connectivity index (χ0) is 21.4. The lowest BCUT2D eigenvalue weighted by molar-refractivity contribution is 0.120. The molecule has 2 aromatic rings. The average Bonchev–Trinajstić information content (AvgIpc) is 2.95. The maximum absolute atomic E-state index is 13.1. The number of benzene rings is 1. The summed E-state index contributed by atoms with van der Waals surface area (Å²) in [4.78, 5) is 5.88. The van der Waals surface area contributed by atoms with E-state index < -0.39 is 10.0 Å². The molecule has 0 amide bonds. The van der Waals surface area contributed by atoms with Crippen molar-refractivity contribution in [2.24, 2.45) is 0 Å². The van der Waals surface area contributed by atoms with Crippen molar-refractivity contribution in [3.63, 3.8) is 0 Å². The van der Waals surface area contributed by atoms with E-state index in [9.17, 15) is 13.5 Å². The van der Waals surface area contributed by atoms with Gasteiger partial charge < -0.3 is 10.4 Å². The summed E-state index contributed by atoms with van der Waals surface area (Å²) >= 11 is 1.54. The molecular formula is C21H31N3O3S2. The lowest BCUT2D eigenvalue weighted by Gasteiger charge is -2.26. The van der Waals surface area contributed by atoms with Gasteiger partial charge in [-0.05, 0) is 77.5 Å². The number of aromatic nitrogens is 1. The molecule has 0 spiro atoms. The van der Waals surface area contributed by atoms with Crippen molar-refractivity contribution in [2.45, 2.75) is 82.9 Å². The minimum Gasteiger partial charge on any atom is -0.393 e. The Morgan fingerprint density at radius 1 is 1.14 bits per heavy atom. The highest BCUT2D eigenvalue weighted by atomic mass is 32.2. The van der Waals surface area contributed by atoms with E-state index in [1.54, 1.807) is 6.07 Å². The van der Waals surface area contributed by atoms with Crippen LogP contribution >= 0.6 is 11.3 Å². The van der Waals surface area contributed by atoms with Crippen LogP contribution in [0.2, 0.25) is 0 Å². The van der Waals surface area contributed by atoms with Gasteiger partial charge in [0.1, 0.15) is 0 Å². The number of anilines is 1. The van der Waals surface area contributed by atoms with Gasteiger partial charge in [0.25, 0.3) is 0 Å². The van der Waals surface area contributed by atoms with Crippen LogP contribution in [0, 0.1) is 13.8 Å². The summed E-state index contributed by atoms with van der Waals surface area (Å²) in [7, 11) is -3.64. The highest BCUT2D eigenvalue weighted by Gasteiger charge is 2.26. The first-order valence-electron chi connectivity index (χ1n) is 10.0. The molecule has 8 heteroatoms. The summed E-state index contributed by atoms with van der Waals surface area (Å²) in [6.45, 7) is 10.00. The Morgan fingerprint density at radius 3 is 2.41 bits per heavy atom. The molecule has 3 N–H and O–H groups in total. The lowest BCUT2D eigenvalue weighted by atomic mass is 9.94. The summed E-state index contributed by atoms with van der Waals surface area (Å²) in [6, 6.07) is 5.42. The Kier molecular flexibility index (Phi) is 6.38. The highest BCUT2D eigenvalue weighted by Crippen LogP contribution is 2.35. The maximum atomic E-state index is 13.1. The minimum absolute atomic E-state index is 0.0964. The molecule has 0 unspecified atom stereocenters. The van der Waals surface area contributed by atoms with Crippen molar-refractivity contribution in [2.75, 3.05) is 5.32 Å². The lowest BCUT2D eigenvalue weighted by Crippen LogP contribution is -2.38. The second-order valence-electron chi connectivity index (χ2n) is 8.92. The molecule has 0 aliphatic heterocycles. The van der Waals surface area contributed by atoms with Crippen LogP contribution in [0.3, 0.4) is 0 Å². The number of hydrogen-bond acceptors (Lipinski definition) is 6. The molecule has 1 aliphatic rings. The van der Waals surface area contributed by atoms with Gasteiger partial charge in [-0.1, -0.05) is 23.5 Å². The van der Waals surface area contributed by atoms with E-state index in [0.717, 1.165) is 21.3 Å². The number of aliphatic hydroxyl groups excluding tert-OH is 1. The highest BCUT2D eigenvalue weighted by molar-refractivity contribution is 7.89. The Labute approximate surface area is 177 Å². The van der Waals surface area contributed by atoms with Gasteiger partial charge in [-0.3, -0.25) is 0 Å². The van der Waals surface area contributed by atoms with Crippen LogP contribution in [0.5, 0.6) is 0 Å². The molecule has 1 saturated carbocycles. The Hall–Kier alpha value is -1.48. The zero-order valence-corrected chi connectivity index (χ0v) is 19.4. The van der Waals surface area contributed by atoms with Crippen LogP contribution in [0.1, 0.15) is 57.7 Å². The number of aliphatic hydroxyl groups is 1. The van der Waals surface area contributed by atoms with Crippen LogP contribution in [-0.2, 0) is 10.0 Å². The number of hydrogen-bond donors (Lipinski definition) is 3. The van der Waals surface area contributed by atoms with E-state index in [1.165, 1.54) is 11.3 Å². The van der Waals surface area contributed by atoms with E-state index in [2.05, 4.69) is 35.8 Å². The van der Waals surface area contributed by atoms with Gasteiger partial charge in [0.2, 0.25) is 10.0 Å². The van der Waals surface area contributed by atoms with E-state index in [4.69, 9.17) is 0 Å². The molecule has 1 heterocycles. The topological polar surface area (TPSA) is 91.3 Å². The summed E-state index contributed by atoms with van der Waals surface area (Å²) in [5, 5.41) is 13.9. The summed E-state index contributed by atoms with van der Waals surface area (Å²) < 4.78 is 29.0. The Balaban J connectivity index is 1.88. The molecule has 1 aromatic heterocycles. The molecule has 0 radical (unpaired) electrons. The number of sulfonamides is 1. The normalized spacial score (nSPS) is 20.6. The van der Waals surface area contributed by atoms with Gasteiger partial charge >= 0.3 is 0 Å². The van der Waals surface area contributed by atoms with Crippen molar-refractivity contribution < 1.29 is 13.5 Å². The van der Waals surface area contributed by atoms with E-state index in [1.807, 2.05) is 26.0 Å². The largest absolute Gasteiger partial charge is 0.393 e. The molecule has 29 heavy (non-hydrogen) atoms. The number of nitrogens with zero attached hydrogens (tertiary/aromatic N) is 1. The fourth-order valence-corrected chi connectivity index (χ4v) is 6.29. The Morgan fingerprint density at radius 2 is 1.79 bits per heavy atom. The zero-order valence-electron chi connectivity index (χ0n) is 17.7. The average molecular weight is 438 g/mol. The van der Waals surface area contributed by atoms with Gasteiger partial charge in [0.05, 0.1) is 21.6 Å². The molecule has 1 aliphatic carbocycles. The van der Waals surface area contributed by atoms with Crippen LogP contribution in [0.15, 0.2) is 23.1 Å². The van der Waals surface area contributed by atoms with Gasteiger partial charge in [0.15, 0.2) is 5.13 Å². The summed E-state index contributed by atoms with van der Waals surface area (Å²) in [5.41, 5.74) is 2.35. The molecule has 160 valence electrons. The van der Waals surface area contributed by atoms with Crippen molar-refractivity contribution in [1.29, 1.82) is 0 Å². The number of thiazole rings is 1. The third-order valence-corrected chi connectivity index (χ3v) is 7.82. The first kappa shape index (κ1) is 22.2. The summed E-state index contributed by atoms with van der Waals surface area (Å²) in [6.07, 6.45) is 2.28. The molecular weight excluding hydrogens is 406 g/mol. The molecule has 6 nitrogen and oxygen atoms in total. The first-order chi connectivity index (χ1) is 13.4. The second-order valence-corrected chi connectivity index (χ2v) is 11.6. The van der Waals surface area contributed by atoms with Gasteiger partial charge in [0, 0.05) is 11.6 Å². The van der Waals surface area contributed by atoms with Crippen molar-refractivity contribution in [1.82, 2.24) is 9.71 Å². The maximum Gasteiger partial charge on any atom is 0.241 e. The van der Waals surface area contributed by atoms with E-state index >= 15 is 0 Å². The van der Waals surface area contributed by atoms with Crippen LogP contribution in [-0.4, -0.2) is 36.2 Å². The quantitative estimate of drug-likeness (QED) is 0.651. The van der Waals surface area contributed by atoms with Gasteiger partial charge in [-0.25, -0.2) is 18.1 Å². The van der Waals surface area contributed by atoms with Gasteiger partial charge in [-0.15, -0.1) is 0 Å². The standard InChI is InChI=1S/C21H31N3O3S2/c1-13-6-7-15(19-14(2)22-20(28-19)23-21(3,4)5)12-18(13)29(26,27)24-16-8-10-17(25)11-9-16/h6-7,12,16-17,24-25H,8-11H2,1-5H3,(H,22,23)/t16-,17-. The van der Waals surface area contributed by atoms with Crippen molar-refractivity contribution in [3.05, 3.63) is 29.5 Å². The van der Waals surface area contributed by atoms with Crippen molar-refractivity contribution in [3.8, 4) is 10.4 Å². The minimum atomic E-state index is -3.64. The van der Waals surface area contributed by atoms with E-state index in [-0.39, 0.29) is 17.7 Å². The predicted octanol–water partition coefficient (Wildman–Crippen LogP) is 4.22. The number of nitrogens with one attached hydrogen (secondary N) is 2. The molecule has 0 atom stereocenters. The fraction of sp³-hybridized carbons (Fsp3) is 0.571. The number of aryl methyl sites for hydroxylation is 2. The first-order valence-corrected chi connectivity index (χ1v) is 12.3. The second kappa shape index (κ2) is 8.34. The monoisotopic (exact) mass is 437 g/mol. The predicted molar refractivity (Wildman–Crippen MR) is 119 cm³/mol. The molecule has 1 fully saturated rings. The summed E-state index contributed by atoms with van der Waals surface area (Å²) in [5.74, 6) is 0. The number of rotatable bonds is 5.